The number of fused-ring (bicyclic) bond motifs is 1. The highest BCUT2D eigenvalue weighted by Gasteiger charge is 2.39. The number of rotatable bonds is 3. The van der Waals surface area contributed by atoms with Gasteiger partial charge < -0.3 is 15.2 Å². The zero-order valence-electron chi connectivity index (χ0n) is 12.9. The van der Waals surface area contributed by atoms with Crippen molar-refractivity contribution >= 4 is 15.9 Å². The van der Waals surface area contributed by atoms with Gasteiger partial charge in [-0.2, -0.15) is 0 Å². The van der Waals surface area contributed by atoms with E-state index in [2.05, 4.69) is 35.8 Å². The zero-order valence-corrected chi connectivity index (χ0v) is 14.5. The Morgan fingerprint density at radius 2 is 1.81 bits per heavy atom. The number of benzene rings is 1. The first-order valence-corrected chi connectivity index (χ1v) is 8.71. The Balaban J connectivity index is 2.22. The van der Waals surface area contributed by atoms with Crippen LogP contribution in [0.1, 0.15) is 56.6 Å². The van der Waals surface area contributed by atoms with Crippen LogP contribution in [0.3, 0.4) is 0 Å². The Morgan fingerprint density at radius 3 is 2.38 bits per heavy atom. The van der Waals surface area contributed by atoms with Crippen LogP contribution in [0.15, 0.2) is 10.5 Å². The molecule has 3 rings (SSSR count). The van der Waals surface area contributed by atoms with Crippen LogP contribution < -0.4 is 15.2 Å². The number of nitrogens with two attached hydrogens (primary N) is 1. The number of hydrogen-bond acceptors (Lipinski definition) is 3. The molecule has 1 saturated carbocycles. The lowest BCUT2D eigenvalue weighted by atomic mass is 9.74. The summed E-state index contributed by atoms with van der Waals surface area (Å²) in [6.07, 6.45) is 4.88. The van der Waals surface area contributed by atoms with Crippen LogP contribution in [-0.4, -0.2) is 19.8 Å². The molecule has 2 aliphatic rings. The molecule has 0 amide bonds. The van der Waals surface area contributed by atoms with Gasteiger partial charge >= 0.3 is 0 Å². The fraction of sp³-hybridized carbons (Fsp3) is 0.647. The van der Waals surface area contributed by atoms with Crippen molar-refractivity contribution in [3.63, 3.8) is 0 Å². The highest BCUT2D eigenvalue weighted by Crippen LogP contribution is 2.51. The van der Waals surface area contributed by atoms with E-state index in [9.17, 15) is 0 Å². The minimum atomic E-state index is 0.109. The molecule has 21 heavy (non-hydrogen) atoms. The smallest absolute Gasteiger partial charge is 0.175 e. The summed E-state index contributed by atoms with van der Waals surface area (Å²) in [6.45, 7) is 6.40. The van der Waals surface area contributed by atoms with Gasteiger partial charge in [0.15, 0.2) is 11.5 Å². The van der Waals surface area contributed by atoms with Crippen LogP contribution in [-0.2, 0) is 5.41 Å². The summed E-state index contributed by atoms with van der Waals surface area (Å²) < 4.78 is 12.8. The van der Waals surface area contributed by atoms with Crippen molar-refractivity contribution in [2.24, 2.45) is 5.73 Å². The number of hydrogen-bond donors (Lipinski definition) is 1. The summed E-state index contributed by atoms with van der Waals surface area (Å²) in [5.41, 5.74) is 8.98. The highest BCUT2D eigenvalue weighted by atomic mass is 79.9. The Labute approximate surface area is 135 Å². The predicted octanol–water partition coefficient (Wildman–Crippen LogP) is 4.11. The van der Waals surface area contributed by atoms with Crippen molar-refractivity contribution in [1.29, 1.82) is 0 Å². The molecule has 0 bridgehead atoms. The monoisotopic (exact) mass is 353 g/mol. The van der Waals surface area contributed by atoms with Crippen LogP contribution in [0.25, 0.3) is 0 Å². The second-order valence-corrected chi connectivity index (χ2v) is 7.38. The van der Waals surface area contributed by atoms with E-state index in [-0.39, 0.29) is 5.41 Å². The van der Waals surface area contributed by atoms with Gasteiger partial charge in [0, 0.05) is 17.5 Å². The minimum absolute atomic E-state index is 0.109. The first kappa shape index (κ1) is 15.2. The molecule has 0 spiro atoms. The van der Waals surface area contributed by atoms with Gasteiger partial charge in [-0.1, -0.05) is 26.7 Å². The molecule has 0 atom stereocenters. The number of ether oxygens (including phenoxy) is 2. The van der Waals surface area contributed by atoms with Gasteiger partial charge in [-0.15, -0.1) is 0 Å². The normalized spacial score (nSPS) is 20.0. The van der Waals surface area contributed by atoms with E-state index < -0.39 is 0 Å². The summed E-state index contributed by atoms with van der Waals surface area (Å²) >= 11 is 3.67. The Hall–Kier alpha value is -0.740. The molecule has 0 radical (unpaired) electrons. The SMILES string of the molecule is CC(C)c1c(C2(CN)CCCC2)cc(Br)c2c1OCCO2. The topological polar surface area (TPSA) is 44.5 Å². The second kappa shape index (κ2) is 5.81. The molecule has 116 valence electrons. The highest BCUT2D eigenvalue weighted by molar-refractivity contribution is 9.10. The lowest BCUT2D eigenvalue weighted by Crippen LogP contribution is -2.34. The maximum absolute atomic E-state index is 6.21. The summed E-state index contributed by atoms with van der Waals surface area (Å²) in [5, 5.41) is 0. The van der Waals surface area contributed by atoms with E-state index in [4.69, 9.17) is 15.2 Å². The summed E-state index contributed by atoms with van der Waals surface area (Å²) in [5.74, 6) is 2.19. The van der Waals surface area contributed by atoms with Crippen molar-refractivity contribution < 1.29 is 9.47 Å². The standard InChI is InChI=1S/C17H24BrNO2/c1-11(2)14-12(17(10-19)5-3-4-6-17)9-13(18)15-16(14)21-8-7-20-15/h9,11H,3-8,10,19H2,1-2H3. The van der Waals surface area contributed by atoms with E-state index in [0.717, 1.165) is 16.0 Å². The Kier molecular flexibility index (Phi) is 4.19. The van der Waals surface area contributed by atoms with Crippen molar-refractivity contribution in [2.75, 3.05) is 19.8 Å². The fourth-order valence-corrected chi connectivity index (χ4v) is 4.36. The molecule has 1 aliphatic heterocycles. The van der Waals surface area contributed by atoms with Gasteiger partial charge in [-0.05, 0) is 46.3 Å². The lowest BCUT2D eigenvalue weighted by Gasteiger charge is -2.34. The van der Waals surface area contributed by atoms with Gasteiger partial charge in [0.2, 0.25) is 0 Å². The molecule has 3 nitrogen and oxygen atoms in total. The predicted molar refractivity (Wildman–Crippen MR) is 88.4 cm³/mol. The first-order valence-electron chi connectivity index (χ1n) is 7.91. The van der Waals surface area contributed by atoms with Crippen molar-refractivity contribution in [2.45, 2.75) is 50.9 Å². The van der Waals surface area contributed by atoms with Crippen LogP contribution in [0.2, 0.25) is 0 Å². The molecule has 4 heteroatoms. The molecular weight excluding hydrogens is 330 g/mol. The summed E-state index contributed by atoms with van der Waals surface area (Å²) in [6, 6.07) is 2.24. The minimum Gasteiger partial charge on any atom is -0.486 e. The maximum atomic E-state index is 6.21. The molecule has 0 unspecified atom stereocenters. The van der Waals surface area contributed by atoms with Crippen molar-refractivity contribution in [1.82, 2.24) is 0 Å². The number of halogens is 1. The molecule has 2 N–H and O–H groups in total. The molecule has 1 fully saturated rings. The molecule has 1 aromatic carbocycles. The first-order chi connectivity index (χ1) is 10.1. The fourth-order valence-electron chi connectivity index (χ4n) is 3.84. The second-order valence-electron chi connectivity index (χ2n) is 6.52. The maximum Gasteiger partial charge on any atom is 0.175 e. The molecule has 1 heterocycles. The third-order valence-electron chi connectivity index (χ3n) is 4.91. The van der Waals surface area contributed by atoms with E-state index in [1.54, 1.807) is 0 Å². The third-order valence-corrected chi connectivity index (χ3v) is 5.49. The van der Waals surface area contributed by atoms with Crippen LogP contribution in [0.5, 0.6) is 11.5 Å². The molecule has 0 aromatic heterocycles. The van der Waals surface area contributed by atoms with Gasteiger partial charge in [-0.3, -0.25) is 0 Å². The van der Waals surface area contributed by atoms with Gasteiger partial charge in [0.25, 0.3) is 0 Å². The lowest BCUT2D eigenvalue weighted by molar-refractivity contribution is 0.167. The van der Waals surface area contributed by atoms with E-state index in [1.807, 2.05) is 0 Å². The summed E-state index contributed by atoms with van der Waals surface area (Å²) in [4.78, 5) is 0. The van der Waals surface area contributed by atoms with Gasteiger partial charge in [0.05, 0.1) is 4.47 Å². The zero-order chi connectivity index (χ0) is 15.0. The average Bonchev–Trinajstić information content (AvgIpc) is 2.97. The van der Waals surface area contributed by atoms with Crippen molar-refractivity contribution in [3.8, 4) is 11.5 Å². The van der Waals surface area contributed by atoms with Crippen molar-refractivity contribution in [3.05, 3.63) is 21.7 Å². The Morgan fingerprint density at radius 1 is 1.19 bits per heavy atom. The van der Waals surface area contributed by atoms with E-state index in [0.29, 0.717) is 25.7 Å². The van der Waals surface area contributed by atoms with Crippen LogP contribution in [0, 0.1) is 0 Å². The molecule has 0 saturated heterocycles. The quantitative estimate of drug-likeness (QED) is 0.888. The Bertz CT molecular complexity index is 536. The molecule has 1 aliphatic carbocycles. The van der Waals surface area contributed by atoms with Crippen LogP contribution >= 0.6 is 15.9 Å². The van der Waals surface area contributed by atoms with E-state index in [1.165, 1.54) is 36.8 Å². The third kappa shape index (κ3) is 2.46. The molecular formula is C17H24BrNO2. The largest absolute Gasteiger partial charge is 0.486 e. The van der Waals surface area contributed by atoms with E-state index >= 15 is 0 Å². The van der Waals surface area contributed by atoms with Crippen LogP contribution in [0.4, 0.5) is 0 Å². The van der Waals surface area contributed by atoms with Gasteiger partial charge in [-0.25, -0.2) is 0 Å². The van der Waals surface area contributed by atoms with Gasteiger partial charge in [0.1, 0.15) is 13.2 Å². The molecule has 1 aromatic rings. The average molecular weight is 354 g/mol. The summed E-state index contributed by atoms with van der Waals surface area (Å²) in [7, 11) is 0.